The van der Waals surface area contributed by atoms with Crippen LogP contribution in [-0.2, 0) is 0 Å². The van der Waals surface area contributed by atoms with Gasteiger partial charge in [0, 0.05) is 26.3 Å². The van der Waals surface area contributed by atoms with Crippen LogP contribution in [0.4, 0.5) is 11.8 Å². The van der Waals surface area contributed by atoms with Crippen LogP contribution in [0.3, 0.4) is 0 Å². The SMILES string of the molecule is CN(C)c1nccc(NC2CC2(C)C)n1. The van der Waals surface area contributed by atoms with Gasteiger partial charge in [-0.15, -0.1) is 0 Å². The molecule has 1 atom stereocenters. The van der Waals surface area contributed by atoms with Crippen LogP contribution in [0.2, 0.25) is 0 Å². The zero-order valence-corrected chi connectivity index (χ0v) is 9.78. The highest BCUT2D eigenvalue weighted by atomic mass is 15.2. The monoisotopic (exact) mass is 206 g/mol. The van der Waals surface area contributed by atoms with Gasteiger partial charge in [-0.05, 0) is 17.9 Å². The van der Waals surface area contributed by atoms with E-state index < -0.39 is 0 Å². The van der Waals surface area contributed by atoms with Gasteiger partial charge in [-0.1, -0.05) is 13.8 Å². The van der Waals surface area contributed by atoms with Crippen molar-refractivity contribution in [3.8, 4) is 0 Å². The minimum atomic E-state index is 0.420. The van der Waals surface area contributed by atoms with Gasteiger partial charge in [0.05, 0.1) is 0 Å². The van der Waals surface area contributed by atoms with E-state index in [1.165, 1.54) is 6.42 Å². The molecule has 0 saturated heterocycles. The number of anilines is 2. The number of hydrogen-bond acceptors (Lipinski definition) is 4. The first-order valence-corrected chi connectivity index (χ1v) is 5.26. The Balaban J connectivity index is 2.06. The summed E-state index contributed by atoms with van der Waals surface area (Å²) in [6.45, 7) is 4.53. The molecule has 1 N–H and O–H groups in total. The van der Waals surface area contributed by atoms with Crippen LogP contribution in [0.1, 0.15) is 20.3 Å². The Hall–Kier alpha value is -1.32. The van der Waals surface area contributed by atoms with Crippen molar-refractivity contribution in [2.75, 3.05) is 24.3 Å². The molecular formula is C11H18N4. The second-order valence-electron chi connectivity index (χ2n) is 5.03. The molecule has 1 aliphatic carbocycles. The van der Waals surface area contributed by atoms with Crippen molar-refractivity contribution >= 4 is 11.8 Å². The highest BCUT2D eigenvalue weighted by molar-refractivity contribution is 5.43. The topological polar surface area (TPSA) is 41.1 Å². The third kappa shape index (κ3) is 2.19. The maximum atomic E-state index is 4.42. The van der Waals surface area contributed by atoms with Crippen LogP contribution in [0.5, 0.6) is 0 Å². The van der Waals surface area contributed by atoms with Gasteiger partial charge in [0.15, 0.2) is 0 Å². The number of nitrogens with zero attached hydrogens (tertiary/aromatic N) is 3. The highest BCUT2D eigenvalue weighted by Gasteiger charge is 2.45. The predicted octanol–water partition coefficient (Wildman–Crippen LogP) is 1.75. The van der Waals surface area contributed by atoms with Gasteiger partial charge >= 0.3 is 0 Å². The van der Waals surface area contributed by atoms with E-state index in [4.69, 9.17) is 0 Å². The molecule has 82 valence electrons. The molecule has 1 unspecified atom stereocenters. The first-order valence-electron chi connectivity index (χ1n) is 5.26. The molecule has 2 rings (SSSR count). The first kappa shape index (κ1) is 10.2. The molecule has 4 heteroatoms. The summed E-state index contributed by atoms with van der Waals surface area (Å²) in [6, 6.07) is 2.48. The van der Waals surface area contributed by atoms with Gasteiger partial charge in [0.1, 0.15) is 5.82 Å². The molecule has 1 aromatic heterocycles. The van der Waals surface area contributed by atoms with Gasteiger partial charge in [-0.2, -0.15) is 4.98 Å². The Morgan fingerprint density at radius 1 is 1.47 bits per heavy atom. The van der Waals surface area contributed by atoms with Crippen LogP contribution in [-0.4, -0.2) is 30.1 Å². The lowest BCUT2D eigenvalue weighted by Crippen LogP contribution is -2.15. The van der Waals surface area contributed by atoms with Gasteiger partial charge in [0.25, 0.3) is 0 Å². The zero-order valence-electron chi connectivity index (χ0n) is 9.78. The molecular weight excluding hydrogens is 188 g/mol. The Kier molecular flexibility index (Phi) is 2.29. The number of aromatic nitrogens is 2. The number of rotatable bonds is 3. The summed E-state index contributed by atoms with van der Waals surface area (Å²) < 4.78 is 0. The summed E-state index contributed by atoms with van der Waals surface area (Å²) in [5.41, 5.74) is 0.420. The van der Waals surface area contributed by atoms with Gasteiger partial charge < -0.3 is 10.2 Å². The van der Waals surface area contributed by atoms with E-state index >= 15 is 0 Å². The van der Waals surface area contributed by atoms with Crippen LogP contribution < -0.4 is 10.2 Å². The van der Waals surface area contributed by atoms with Crippen molar-refractivity contribution in [3.63, 3.8) is 0 Å². The molecule has 1 aliphatic rings. The second kappa shape index (κ2) is 3.36. The molecule has 15 heavy (non-hydrogen) atoms. The van der Waals surface area contributed by atoms with Crippen molar-refractivity contribution in [2.45, 2.75) is 26.3 Å². The summed E-state index contributed by atoms with van der Waals surface area (Å²) in [5.74, 6) is 1.67. The predicted molar refractivity (Wildman–Crippen MR) is 62.2 cm³/mol. The fourth-order valence-corrected chi connectivity index (χ4v) is 1.54. The molecule has 0 radical (unpaired) electrons. The molecule has 0 bridgehead atoms. The standard InChI is InChI=1S/C11H18N4/c1-11(2)7-8(11)13-9-5-6-12-10(14-9)15(3)4/h5-6,8H,7H2,1-4H3,(H,12,13,14). The molecule has 1 heterocycles. The summed E-state index contributed by atoms with van der Waals surface area (Å²) >= 11 is 0. The van der Waals surface area contributed by atoms with Crippen molar-refractivity contribution in [2.24, 2.45) is 5.41 Å². The third-order valence-corrected chi connectivity index (χ3v) is 2.88. The summed E-state index contributed by atoms with van der Waals surface area (Å²) in [5, 5.41) is 3.42. The Bertz CT molecular complexity index is 359. The van der Waals surface area contributed by atoms with Crippen LogP contribution in [0.15, 0.2) is 12.3 Å². The third-order valence-electron chi connectivity index (χ3n) is 2.88. The minimum Gasteiger partial charge on any atom is -0.367 e. The average Bonchev–Trinajstić information content (AvgIpc) is 2.74. The Labute approximate surface area is 90.7 Å². The lowest BCUT2D eigenvalue weighted by Gasteiger charge is -2.12. The average molecular weight is 206 g/mol. The summed E-state index contributed by atoms with van der Waals surface area (Å²) in [6.07, 6.45) is 3.01. The van der Waals surface area contributed by atoms with Crippen LogP contribution in [0, 0.1) is 5.41 Å². The quantitative estimate of drug-likeness (QED) is 0.818. The summed E-state index contributed by atoms with van der Waals surface area (Å²) in [4.78, 5) is 10.5. The van der Waals surface area contributed by atoms with Crippen molar-refractivity contribution < 1.29 is 0 Å². The maximum Gasteiger partial charge on any atom is 0.226 e. The van der Waals surface area contributed by atoms with E-state index in [0.717, 1.165) is 11.8 Å². The van der Waals surface area contributed by atoms with E-state index in [-0.39, 0.29) is 0 Å². The molecule has 1 saturated carbocycles. The largest absolute Gasteiger partial charge is 0.367 e. The molecule has 0 spiro atoms. The molecule has 1 fully saturated rings. The Morgan fingerprint density at radius 2 is 2.13 bits per heavy atom. The Morgan fingerprint density at radius 3 is 2.67 bits per heavy atom. The highest BCUT2D eigenvalue weighted by Crippen LogP contribution is 2.46. The van der Waals surface area contributed by atoms with Gasteiger partial charge in [0.2, 0.25) is 5.95 Å². The number of hydrogen-bond donors (Lipinski definition) is 1. The molecule has 4 nitrogen and oxygen atoms in total. The summed E-state index contributed by atoms with van der Waals surface area (Å²) in [7, 11) is 3.89. The van der Waals surface area contributed by atoms with Gasteiger partial charge in [-0.3, -0.25) is 0 Å². The smallest absolute Gasteiger partial charge is 0.226 e. The zero-order chi connectivity index (χ0) is 11.1. The second-order valence-corrected chi connectivity index (χ2v) is 5.03. The van der Waals surface area contributed by atoms with Crippen LogP contribution >= 0.6 is 0 Å². The normalized spacial score (nSPS) is 22.3. The van der Waals surface area contributed by atoms with E-state index in [0.29, 0.717) is 11.5 Å². The molecule has 1 aromatic rings. The van der Waals surface area contributed by atoms with E-state index in [1.54, 1.807) is 6.20 Å². The van der Waals surface area contributed by atoms with Crippen molar-refractivity contribution in [1.29, 1.82) is 0 Å². The molecule has 0 amide bonds. The van der Waals surface area contributed by atoms with Crippen molar-refractivity contribution in [1.82, 2.24) is 9.97 Å². The lowest BCUT2D eigenvalue weighted by atomic mass is 10.2. The maximum absolute atomic E-state index is 4.42. The lowest BCUT2D eigenvalue weighted by molar-refractivity contribution is 0.630. The molecule has 0 aromatic carbocycles. The fourth-order valence-electron chi connectivity index (χ4n) is 1.54. The van der Waals surface area contributed by atoms with Crippen molar-refractivity contribution in [3.05, 3.63) is 12.3 Å². The van der Waals surface area contributed by atoms with E-state index in [2.05, 4.69) is 29.1 Å². The number of nitrogens with one attached hydrogen (secondary N) is 1. The first-order chi connectivity index (χ1) is 6.99. The minimum absolute atomic E-state index is 0.420. The van der Waals surface area contributed by atoms with Gasteiger partial charge in [-0.25, -0.2) is 4.98 Å². The van der Waals surface area contributed by atoms with E-state index in [1.807, 2.05) is 25.1 Å². The van der Waals surface area contributed by atoms with Crippen LogP contribution in [0.25, 0.3) is 0 Å². The fraction of sp³-hybridized carbons (Fsp3) is 0.636. The van der Waals surface area contributed by atoms with E-state index in [9.17, 15) is 0 Å². The molecule has 0 aliphatic heterocycles.